The maximum atomic E-state index is 12.0. The van der Waals surface area contributed by atoms with Gasteiger partial charge >= 0.3 is 6.09 Å². The Kier molecular flexibility index (Phi) is 7.36. The molecule has 1 aliphatic heterocycles. The van der Waals surface area contributed by atoms with E-state index in [1.54, 1.807) is 0 Å². The molecule has 1 heterocycles. The zero-order valence-corrected chi connectivity index (χ0v) is 13.9. The van der Waals surface area contributed by atoms with Crippen LogP contribution in [0.15, 0.2) is 30.3 Å². The summed E-state index contributed by atoms with van der Waals surface area (Å²) in [7, 11) is 0. The van der Waals surface area contributed by atoms with Gasteiger partial charge in [-0.2, -0.15) is 0 Å². The van der Waals surface area contributed by atoms with Gasteiger partial charge in [-0.1, -0.05) is 37.3 Å². The Labute approximate surface area is 138 Å². The van der Waals surface area contributed by atoms with E-state index in [1.807, 2.05) is 30.3 Å². The van der Waals surface area contributed by atoms with Gasteiger partial charge in [0.25, 0.3) is 0 Å². The van der Waals surface area contributed by atoms with Crippen LogP contribution in [0, 0.1) is 5.92 Å². The molecular weight excluding hydrogens is 292 g/mol. The summed E-state index contributed by atoms with van der Waals surface area (Å²) in [4.78, 5) is 14.4. The molecule has 1 aromatic rings. The number of carbonyl (C=O) groups excluding carboxylic acids is 1. The predicted molar refractivity (Wildman–Crippen MR) is 90.1 cm³/mol. The molecule has 5 heteroatoms. The van der Waals surface area contributed by atoms with Crippen molar-refractivity contribution in [3.05, 3.63) is 35.9 Å². The van der Waals surface area contributed by atoms with E-state index in [0.717, 1.165) is 44.5 Å². The van der Waals surface area contributed by atoms with Crippen molar-refractivity contribution in [2.75, 3.05) is 26.2 Å². The van der Waals surface area contributed by atoms with Crippen molar-refractivity contribution in [3.63, 3.8) is 0 Å². The van der Waals surface area contributed by atoms with Gasteiger partial charge in [-0.25, -0.2) is 4.79 Å². The third-order valence-corrected chi connectivity index (χ3v) is 4.37. The third kappa shape index (κ3) is 6.20. The van der Waals surface area contributed by atoms with Crippen LogP contribution in [0.4, 0.5) is 4.79 Å². The average Bonchev–Trinajstić information content (AvgIpc) is 2.59. The smallest absolute Gasteiger partial charge is 0.407 e. The van der Waals surface area contributed by atoms with E-state index in [0.29, 0.717) is 12.5 Å². The van der Waals surface area contributed by atoms with Crippen molar-refractivity contribution in [3.8, 4) is 0 Å². The number of carbonyl (C=O) groups is 1. The van der Waals surface area contributed by atoms with Crippen LogP contribution < -0.4 is 5.32 Å². The van der Waals surface area contributed by atoms with Crippen LogP contribution in [-0.2, 0) is 11.3 Å². The first-order chi connectivity index (χ1) is 11.2. The van der Waals surface area contributed by atoms with Crippen molar-refractivity contribution in [2.24, 2.45) is 5.92 Å². The minimum absolute atomic E-state index is 0.121. The molecule has 1 aromatic carbocycles. The number of benzene rings is 1. The number of hydrogen-bond acceptors (Lipinski definition) is 4. The van der Waals surface area contributed by atoms with Crippen LogP contribution in [-0.4, -0.2) is 48.4 Å². The van der Waals surface area contributed by atoms with E-state index in [1.165, 1.54) is 0 Å². The molecule has 0 bridgehead atoms. The largest absolute Gasteiger partial charge is 0.445 e. The first-order valence-electron chi connectivity index (χ1n) is 8.51. The predicted octanol–water partition coefficient (Wildman–Crippen LogP) is 2.40. The van der Waals surface area contributed by atoms with Gasteiger partial charge in [0.1, 0.15) is 6.61 Å². The van der Waals surface area contributed by atoms with Gasteiger partial charge in [-0.15, -0.1) is 0 Å². The summed E-state index contributed by atoms with van der Waals surface area (Å²) in [5.74, 6) is 0.523. The summed E-state index contributed by atoms with van der Waals surface area (Å²) in [6, 6.07) is 9.81. The molecule has 23 heavy (non-hydrogen) atoms. The van der Waals surface area contributed by atoms with Crippen LogP contribution in [0.3, 0.4) is 0 Å². The molecule has 0 saturated carbocycles. The summed E-state index contributed by atoms with van der Waals surface area (Å²) in [6.07, 6.45) is 2.44. The molecule has 5 nitrogen and oxygen atoms in total. The molecule has 0 radical (unpaired) electrons. The lowest BCUT2D eigenvalue weighted by atomic mass is 9.90. The first-order valence-corrected chi connectivity index (χ1v) is 8.51. The van der Waals surface area contributed by atoms with E-state index < -0.39 is 0 Å². The highest BCUT2D eigenvalue weighted by Gasteiger charge is 2.27. The Morgan fingerprint density at radius 1 is 1.35 bits per heavy atom. The molecule has 1 fully saturated rings. The fraction of sp³-hybridized carbons (Fsp3) is 0.611. The van der Waals surface area contributed by atoms with Gasteiger partial charge in [0.05, 0.1) is 0 Å². The van der Waals surface area contributed by atoms with Crippen molar-refractivity contribution in [1.82, 2.24) is 10.2 Å². The molecule has 1 aliphatic rings. The number of nitrogens with zero attached hydrogens (tertiary/aromatic N) is 1. The number of nitrogens with one attached hydrogen (secondary N) is 1. The number of likely N-dealkylation sites (tertiary alicyclic amines) is 1. The fourth-order valence-electron chi connectivity index (χ4n) is 3.19. The van der Waals surface area contributed by atoms with Crippen LogP contribution in [0.25, 0.3) is 0 Å². The molecule has 1 saturated heterocycles. The van der Waals surface area contributed by atoms with Gasteiger partial charge in [0.2, 0.25) is 0 Å². The second-order valence-electron chi connectivity index (χ2n) is 6.22. The molecule has 2 rings (SSSR count). The number of hydrogen-bond donors (Lipinski definition) is 2. The highest BCUT2D eigenvalue weighted by atomic mass is 16.5. The monoisotopic (exact) mass is 320 g/mol. The van der Waals surface area contributed by atoms with Crippen molar-refractivity contribution in [2.45, 2.75) is 38.8 Å². The standard InChI is InChI=1S/C18H28N2O3/c1-2-20-12-16(9-6-10-21)11-17(13-20)19-18(22)23-14-15-7-4-3-5-8-15/h3-5,7-8,16-17,21H,2,6,9-14H2,1H3,(H,19,22). The molecule has 2 N–H and O–H groups in total. The number of ether oxygens (including phenoxy) is 1. The fourth-order valence-corrected chi connectivity index (χ4v) is 3.19. The zero-order valence-electron chi connectivity index (χ0n) is 13.9. The Morgan fingerprint density at radius 3 is 2.83 bits per heavy atom. The summed E-state index contributed by atoms with van der Waals surface area (Å²) in [6.45, 7) is 5.57. The van der Waals surface area contributed by atoms with Gasteiger partial charge in [0.15, 0.2) is 0 Å². The minimum Gasteiger partial charge on any atom is -0.445 e. The maximum Gasteiger partial charge on any atom is 0.407 e. The van der Waals surface area contributed by atoms with Crippen molar-refractivity contribution >= 4 is 6.09 Å². The number of rotatable bonds is 7. The number of aliphatic hydroxyl groups excluding tert-OH is 1. The minimum atomic E-state index is -0.349. The van der Waals surface area contributed by atoms with Gasteiger partial charge in [-0.05, 0) is 37.3 Å². The second-order valence-corrected chi connectivity index (χ2v) is 6.22. The molecule has 128 valence electrons. The first kappa shape index (κ1) is 17.8. The van der Waals surface area contributed by atoms with E-state index >= 15 is 0 Å². The average molecular weight is 320 g/mol. The van der Waals surface area contributed by atoms with Crippen LogP contribution in [0.5, 0.6) is 0 Å². The number of likely N-dealkylation sites (N-methyl/N-ethyl adjacent to an activating group) is 1. The summed E-state index contributed by atoms with van der Waals surface area (Å²) in [5.41, 5.74) is 0.988. The van der Waals surface area contributed by atoms with E-state index in [4.69, 9.17) is 9.84 Å². The quantitative estimate of drug-likeness (QED) is 0.810. The van der Waals surface area contributed by atoms with E-state index in [-0.39, 0.29) is 18.7 Å². The van der Waals surface area contributed by atoms with Crippen LogP contribution in [0.1, 0.15) is 31.7 Å². The summed E-state index contributed by atoms with van der Waals surface area (Å²) >= 11 is 0. The van der Waals surface area contributed by atoms with Crippen molar-refractivity contribution in [1.29, 1.82) is 0 Å². The number of piperidine rings is 1. The van der Waals surface area contributed by atoms with Gasteiger partial charge < -0.3 is 20.1 Å². The summed E-state index contributed by atoms with van der Waals surface area (Å²) in [5, 5.41) is 12.0. The number of alkyl carbamates (subject to hydrolysis) is 1. The normalized spacial score (nSPS) is 21.8. The van der Waals surface area contributed by atoms with E-state index in [2.05, 4.69) is 17.1 Å². The zero-order chi connectivity index (χ0) is 16.5. The molecular formula is C18H28N2O3. The lowest BCUT2D eigenvalue weighted by molar-refractivity contribution is 0.108. The Morgan fingerprint density at radius 2 is 2.13 bits per heavy atom. The van der Waals surface area contributed by atoms with E-state index in [9.17, 15) is 4.79 Å². The van der Waals surface area contributed by atoms with Crippen LogP contribution in [0.2, 0.25) is 0 Å². The number of amides is 1. The highest BCUT2D eigenvalue weighted by Crippen LogP contribution is 2.21. The van der Waals surface area contributed by atoms with Gasteiger partial charge in [0, 0.05) is 25.7 Å². The second kappa shape index (κ2) is 9.53. The third-order valence-electron chi connectivity index (χ3n) is 4.37. The van der Waals surface area contributed by atoms with Crippen molar-refractivity contribution < 1.29 is 14.6 Å². The molecule has 0 aliphatic carbocycles. The Bertz CT molecular complexity index is 467. The lowest BCUT2D eigenvalue weighted by Crippen LogP contribution is -2.50. The lowest BCUT2D eigenvalue weighted by Gasteiger charge is -2.37. The topological polar surface area (TPSA) is 61.8 Å². The molecule has 2 unspecified atom stereocenters. The molecule has 0 spiro atoms. The number of aliphatic hydroxyl groups is 1. The SMILES string of the molecule is CCN1CC(CCCO)CC(NC(=O)OCc2ccccc2)C1. The van der Waals surface area contributed by atoms with Gasteiger partial charge in [-0.3, -0.25) is 0 Å². The molecule has 0 aromatic heterocycles. The Hall–Kier alpha value is -1.59. The van der Waals surface area contributed by atoms with Crippen LogP contribution >= 0.6 is 0 Å². The summed E-state index contributed by atoms with van der Waals surface area (Å²) < 4.78 is 5.31. The molecule has 2 atom stereocenters. The maximum absolute atomic E-state index is 12.0. The highest BCUT2D eigenvalue weighted by molar-refractivity contribution is 5.67. The Balaban J connectivity index is 1.78. The molecule has 1 amide bonds.